The first-order valence-electron chi connectivity index (χ1n) is 7.43. The highest BCUT2D eigenvalue weighted by molar-refractivity contribution is 5.90. The van der Waals surface area contributed by atoms with E-state index in [-0.39, 0.29) is 13.2 Å². The topological polar surface area (TPSA) is 75.0 Å². The maximum atomic E-state index is 11.8. The van der Waals surface area contributed by atoms with Gasteiger partial charge in [0.15, 0.2) is 6.61 Å². The van der Waals surface area contributed by atoms with Crippen molar-refractivity contribution in [3.8, 4) is 5.75 Å². The molecule has 2 rings (SSSR count). The fourth-order valence-electron chi connectivity index (χ4n) is 2.28. The molecular formula is C18H20O6. The molecule has 0 spiro atoms. The van der Waals surface area contributed by atoms with E-state index in [9.17, 15) is 9.59 Å². The van der Waals surface area contributed by atoms with Gasteiger partial charge < -0.3 is 18.6 Å². The van der Waals surface area contributed by atoms with Crippen LogP contribution >= 0.6 is 0 Å². The van der Waals surface area contributed by atoms with E-state index < -0.39 is 11.9 Å². The smallest absolute Gasteiger partial charge is 0.344 e. The lowest BCUT2D eigenvalue weighted by Gasteiger charge is -2.08. The van der Waals surface area contributed by atoms with Crippen LogP contribution in [0.15, 0.2) is 28.7 Å². The van der Waals surface area contributed by atoms with Crippen LogP contribution in [0.25, 0.3) is 0 Å². The van der Waals surface area contributed by atoms with Gasteiger partial charge in [-0.1, -0.05) is 6.07 Å². The number of hydrogen-bond acceptors (Lipinski definition) is 6. The van der Waals surface area contributed by atoms with Crippen LogP contribution in [0.1, 0.15) is 33.0 Å². The lowest BCUT2D eigenvalue weighted by molar-refractivity contribution is -0.147. The minimum absolute atomic E-state index is 0.0765. The monoisotopic (exact) mass is 332 g/mol. The Bertz CT molecular complexity index is 724. The summed E-state index contributed by atoms with van der Waals surface area (Å²) in [6, 6.07) is 7.21. The van der Waals surface area contributed by atoms with Crippen LogP contribution in [0.2, 0.25) is 0 Å². The van der Waals surface area contributed by atoms with E-state index in [0.717, 1.165) is 11.1 Å². The van der Waals surface area contributed by atoms with E-state index in [1.165, 1.54) is 13.2 Å². The van der Waals surface area contributed by atoms with Crippen LogP contribution in [-0.4, -0.2) is 25.7 Å². The number of esters is 2. The normalized spacial score (nSPS) is 10.3. The molecule has 6 heteroatoms. The Labute approximate surface area is 140 Å². The first-order valence-corrected chi connectivity index (χ1v) is 7.43. The van der Waals surface area contributed by atoms with E-state index >= 15 is 0 Å². The van der Waals surface area contributed by atoms with Crippen molar-refractivity contribution < 1.29 is 28.2 Å². The van der Waals surface area contributed by atoms with Crippen LogP contribution in [0.5, 0.6) is 5.75 Å². The van der Waals surface area contributed by atoms with Gasteiger partial charge in [-0.05, 0) is 50.1 Å². The quantitative estimate of drug-likeness (QED) is 0.757. The predicted molar refractivity (Wildman–Crippen MR) is 86.0 cm³/mol. The van der Waals surface area contributed by atoms with Gasteiger partial charge in [0.2, 0.25) is 0 Å². The predicted octanol–water partition coefficient (Wildman–Crippen LogP) is 3.11. The number of carbonyl (C=O) groups excluding carboxylic acids is 2. The SMILES string of the molecule is COC(=O)c1cc(COC(=O)COc2cc(C)cc(C)c2)oc1C. The lowest BCUT2D eigenvalue weighted by atomic mass is 10.1. The third kappa shape index (κ3) is 4.62. The molecule has 1 aromatic carbocycles. The van der Waals surface area contributed by atoms with Gasteiger partial charge in [-0.3, -0.25) is 0 Å². The van der Waals surface area contributed by atoms with Crippen molar-refractivity contribution in [3.05, 3.63) is 52.5 Å². The standard InChI is InChI=1S/C18H20O6/c1-11-5-12(2)7-14(6-11)22-10-17(19)23-9-15-8-16(13(3)24-15)18(20)21-4/h5-8H,9-10H2,1-4H3. The number of furan rings is 1. The van der Waals surface area contributed by atoms with Crippen LogP contribution < -0.4 is 4.74 Å². The van der Waals surface area contributed by atoms with Gasteiger partial charge in [0.05, 0.1) is 7.11 Å². The van der Waals surface area contributed by atoms with Gasteiger partial charge in [0.1, 0.15) is 29.4 Å². The van der Waals surface area contributed by atoms with E-state index in [0.29, 0.717) is 22.8 Å². The zero-order valence-electron chi connectivity index (χ0n) is 14.2. The number of aryl methyl sites for hydroxylation is 3. The lowest BCUT2D eigenvalue weighted by Crippen LogP contribution is -2.14. The molecule has 0 unspecified atom stereocenters. The average molecular weight is 332 g/mol. The van der Waals surface area contributed by atoms with Gasteiger partial charge in [0.25, 0.3) is 0 Å². The van der Waals surface area contributed by atoms with E-state index in [1.807, 2.05) is 32.0 Å². The highest BCUT2D eigenvalue weighted by Crippen LogP contribution is 2.18. The molecule has 0 radical (unpaired) electrons. The minimum Gasteiger partial charge on any atom is -0.482 e. The number of rotatable bonds is 6. The van der Waals surface area contributed by atoms with Crippen LogP contribution in [0, 0.1) is 20.8 Å². The van der Waals surface area contributed by atoms with Crippen molar-refractivity contribution in [2.45, 2.75) is 27.4 Å². The third-order valence-corrected chi connectivity index (χ3v) is 3.30. The summed E-state index contributed by atoms with van der Waals surface area (Å²) in [5.74, 6) is 0.383. The maximum absolute atomic E-state index is 11.8. The molecule has 128 valence electrons. The molecule has 0 saturated heterocycles. The number of methoxy groups -OCH3 is 1. The summed E-state index contributed by atoms with van der Waals surface area (Å²) in [7, 11) is 1.29. The van der Waals surface area contributed by atoms with Crippen molar-refractivity contribution in [2.75, 3.05) is 13.7 Å². The van der Waals surface area contributed by atoms with Crippen LogP contribution in [0.4, 0.5) is 0 Å². The molecule has 1 heterocycles. The summed E-state index contributed by atoms with van der Waals surface area (Å²) >= 11 is 0. The fourth-order valence-corrected chi connectivity index (χ4v) is 2.28. The molecule has 0 fully saturated rings. The largest absolute Gasteiger partial charge is 0.482 e. The molecule has 24 heavy (non-hydrogen) atoms. The van der Waals surface area contributed by atoms with Gasteiger partial charge >= 0.3 is 11.9 Å². The second-order valence-corrected chi connectivity index (χ2v) is 5.45. The first kappa shape index (κ1) is 17.6. The number of benzene rings is 1. The Morgan fingerprint density at radius 3 is 2.33 bits per heavy atom. The summed E-state index contributed by atoms with van der Waals surface area (Å²) in [6.07, 6.45) is 0. The molecule has 0 N–H and O–H groups in total. The van der Waals surface area contributed by atoms with Crippen molar-refractivity contribution in [2.24, 2.45) is 0 Å². The fraction of sp³-hybridized carbons (Fsp3) is 0.333. The molecule has 0 aliphatic carbocycles. The molecular weight excluding hydrogens is 312 g/mol. The third-order valence-electron chi connectivity index (χ3n) is 3.30. The van der Waals surface area contributed by atoms with Crippen LogP contribution in [0.3, 0.4) is 0 Å². The second-order valence-electron chi connectivity index (χ2n) is 5.45. The molecule has 0 bridgehead atoms. The van der Waals surface area contributed by atoms with Crippen molar-refractivity contribution >= 4 is 11.9 Å². The second kappa shape index (κ2) is 7.68. The zero-order chi connectivity index (χ0) is 17.7. The molecule has 1 aromatic heterocycles. The summed E-state index contributed by atoms with van der Waals surface area (Å²) in [5.41, 5.74) is 2.43. The summed E-state index contributed by atoms with van der Waals surface area (Å²) in [6.45, 7) is 5.27. The molecule has 0 amide bonds. The Kier molecular flexibility index (Phi) is 5.63. The van der Waals surface area contributed by atoms with E-state index in [1.54, 1.807) is 6.92 Å². The molecule has 6 nitrogen and oxygen atoms in total. The highest BCUT2D eigenvalue weighted by Gasteiger charge is 2.16. The minimum atomic E-state index is -0.525. The molecule has 2 aromatic rings. The highest BCUT2D eigenvalue weighted by atomic mass is 16.6. The van der Waals surface area contributed by atoms with Crippen molar-refractivity contribution in [1.82, 2.24) is 0 Å². The maximum Gasteiger partial charge on any atom is 0.344 e. The van der Waals surface area contributed by atoms with E-state index in [2.05, 4.69) is 4.74 Å². The molecule has 0 aliphatic rings. The Balaban J connectivity index is 1.86. The van der Waals surface area contributed by atoms with Crippen molar-refractivity contribution in [3.63, 3.8) is 0 Å². The van der Waals surface area contributed by atoms with Gasteiger partial charge in [-0.2, -0.15) is 0 Å². The van der Waals surface area contributed by atoms with Gasteiger partial charge in [-0.15, -0.1) is 0 Å². The first-order chi connectivity index (χ1) is 11.4. The van der Waals surface area contributed by atoms with Crippen molar-refractivity contribution in [1.29, 1.82) is 0 Å². The molecule has 0 saturated carbocycles. The summed E-state index contributed by atoms with van der Waals surface area (Å²) in [5, 5.41) is 0. The number of carbonyl (C=O) groups is 2. The molecule has 0 atom stereocenters. The van der Waals surface area contributed by atoms with Gasteiger partial charge in [0, 0.05) is 0 Å². The average Bonchev–Trinajstić information content (AvgIpc) is 2.90. The Hall–Kier alpha value is -2.76. The Morgan fingerprint density at radius 2 is 1.71 bits per heavy atom. The zero-order valence-corrected chi connectivity index (χ0v) is 14.2. The summed E-state index contributed by atoms with van der Waals surface area (Å²) in [4.78, 5) is 23.3. The van der Waals surface area contributed by atoms with Crippen LogP contribution in [-0.2, 0) is 20.9 Å². The Morgan fingerprint density at radius 1 is 1.04 bits per heavy atom. The number of ether oxygens (including phenoxy) is 3. The molecule has 0 aliphatic heterocycles. The van der Waals surface area contributed by atoms with Gasteiger partial charge in [-0.25, -0.2) is 9.59 Å². The number of hydrogen-bond donors (Lipinski definition) is 0. The summed E-state index contributed by atoms with van der Waals surface area (Å²) < 4.78 is 20.5. The van der Waals surface area contributed by atoms with E-state index in [4.69, 9.17) is 13.9 Å².